The van der Waals surface area contributed by atoms with Gasteiger partial charge in [0.05, 0.1) is 29.7 Å². The van der Waals surface area contributed by atoms with Gasteiger partial charge in [-0.05, 0) is 11.6 Å². The van der Waals surface area contributed by atoms with Crippen molar-refractivity contribution in [2.24, 2.45) is 14.1 Å². The summed E-state index contributed by atoms with van der Waals surface area (Å²) in [4.78, 5) is 0. The van der Waals surface area contributed by atoms with E-state index in [-0.39, 0.29) is 0 Å². The minimum absolute atomic E-state index is 0.504. The van der Waals surface area contributed by atoms with Crippen LogP contribution in [0.25, 0.3) is 22.5 Å². The summed E-state index contributed by atoms with van der Waals surface area (Å²) in [5.41, 5.74) is 4.22. The van der Waals surface area contributed by atoms with Crippen molar-refractivity contribution in [1.82, 2.24) is 29.3 Å². The zero-order valence-corrected chi connectivity index (χ0v) is 15.8. The number of rotatable bonds is 4. The molecule has 4 aromatic rings. The Bertz CT molecular complexity index is 1080. The smallest absolute Gasteiger partial charge is 0.115 e. The van der Waals surface area contributed by atoms with Crippen LogP contribution in [0.4, 0.5) is 0 Å². The van der Waals surface area contributed by atoms with E-state index in [2.05, 4.69) is 10.2 Å². The first-order valence-electron chi connectivity index (χ1n) is 8.00. The Morgan fingerprint density at radius 2 is 1.58 bits per heavy atom. The molecule has 6 nitrogen and oxygen atoms in total. The van der Waals surface area contributed by atoms with Crippen LogP contribution in [0, 0.1) is 0 Å². The molecule has 0 bridgehead atoms. The van der Waals surface area contributed by atoms with E-state index in [4.69, 9.17) is 28.3 Å². The summed E-state index contributed by atoms with van der Waals surface area (Å²) in [5, 5.41) is 14.5. The number of benzene rings is 1. The van der Waals surface area contributed by atoms with Gasteiger partial charge in [0, 0.05) is 42.6 Å². The van der Waals surface area contributed by atoms with E-state index < -0.39 is 0 Å². The van der Waals surface area contributed by atoms with E-state index in [1.807, 2.05) is 55.4 Å². The predicted molar refractivity (Wildman–Crippen MR) is 102 cm³/mol. The standard InChI is InChI=1S/C18H16Cl2N6/c1-24-9-13(7-21-24)17-16(20)18(14-8-22-25(2)10-14)26(23-17)11-12-5-3-4-6-15(12)19/h3-10H,11H2,1-2H3. The quantitative estimate of drug-likeness (QED) is 0.531. The van der Waals surface area contributed by atoms with Gasteiger partial charge in [-0.1, -0.05) is 41.4 Å². The van der Waals surface area contributed by atoms with Crippen LogP contribution >= 0.6 is 23.2 Å². The number of hydrogen-bond donors (Lipinski definition) is 0. The fraction of sp³-hybridized carbons (Fsp3) is 0.167. The SMILES string of the molecule is Cn1cc(-c2nn(Cc3ccccc3Cl)c(-c3cnn(C)c3)c2Cl)cn1. The molecule has 1 aromatic carbocycles. The first kappa shape index (κ1) is 16.9. The van der Waals surface area contributed by atoms with Gasteiger partial charge in [0.25, 0.3) is 0 Å². The van der Waals surface area contributed by atoms with Gasteiger partial charge in [-0.3, -0.25) is 14.0 Å². The molecule has 0 fully saturated rings. The molecule has 0 aliphatic rings. The van der Waals surface area contributed by atoms with Crippen molar-refractivity contribution < 1.29 is 0 Å². The molecule has 26 heavy (non-hydrogen) atoms. The molecule has 0 atom stereocenters. The summed E-state index contributed by atoms with van der Waals surface area (Å²) in [6.45, 7) is 0.504. The molecule has 0 unspecified atom stereocenters. The summed E-state index contributed by atoms with van der Waals surface area (Å²) >= 11 is 13.1. The predicted octanol–water partition coefficient (Wildman–Crippen LogP) is 4.04. The molecule has 0 radical (unpaired) electrons. The topological polar surface area (TPSA) is 53.5 Å². The highest BCUT2D eigenvalue weighted by molar-refractivity contribution is 6.35. The van der Waals surface area contributed by atoms with Crippen molar-refractivity contribution in [1.29, 1.82) is 0 Å². The molecule has 3 heterocycles. The number of halogens is 2. The summed E-state index contributed by atoms with van der Waals surface area (Å²) in [7, 11) is 3.73. The summed E-state index contributed by atoms with van der Waals surface area (Å²) in [6.07, 6.45) is 7.33. The van der Waals surface area contributed by atoms with Crippen LogP contribution in [0.5, 0.6) is 0 Å². The third-order valence-corrected chi connectivity index (χ3v) is 4.86. The van der Waals surface area contributed by atoms with Crippen LogP contribution in [0.15, 0.2) is 49.1 Å². The lowest BCUT2D eigenvalue weighted by atomic mass is 10.2. The summed E-state index contributed by atoms with van der Waals surface area (Å²) < 4.78 is 5.33. The monoisotopic (exact) mass is 386 g/mol. The molecular formula is C18H16Cl2N6. The van der Waals surface area contributed by atoms with Crippen molar-refractivity contribution in [2.75, 3.05) is 0 Å². The molecule has 0 amide bonds. The van der Waals surface area contributed by atoms with Gasteiger partial charge >= 0.3 is 0 Å². The van der Waals surface area contributed by atoms with E-state index >= 15 is 0 Å². The Morgan fingerprint density at radius 1 is 0.923 bits per heavy atom. The van der Waals surface area contributed by atoms with Crippen LogP contribution in [-0.4, -0.2) is 29.3 Å². The molecule has 8 heteroatoms. The molecule has 0 spiro atoms. The Kier molecular flexibility index (Phi) is 4.30. The van der Waals surface area contributed by atoms with Gasteiger partial charge in [-0.25, -0.2) is 0 Å². The lowest BCUT2D eigenvalue weighted by molar-refractivity contribution is 0.697. The van der Waals surface area contributed by atoms with E-state index in [9.17, 15) is 0 Å². The van der Waals surface area contributed by atoms with Crippen molar-refractivity contribution in [3.63, 3.8) is 0 Å². The van der Waals surface area contributed by atoms with Crippen molar-refractivity contribution in [3.05, 3.63) is 64.7 Å². The normalized spacial score (nSPS) is 11.2. The molecule has 0 saturated heterocycles. The zero-order valence-electron chi connectivity index (χ0n) is 14.3. The van der Waals surface area contributed by atoms with E-state index in [1.54, 1.807) is 21.8 Å². The maximum atomic E-state index is 6.73. The molecule has 0 saturated carbocycles. The summed E-state index contributed by atoms with van der Waals surface area (Å²) in [6, 6.07) is 7.71. The highest BCUT2D eigenvalue weighted by Crippen LogP contribution is 2.36. The van der Waals surface area contributed by atoms with Gasteiger partial charge in [-0.15, -0.1) is 0 Å². The second-order valence-electron chi connectivity index (χ2n) is 6.07. The first-order valence-corrected chi connectivity index (χ1v) is 8.76. The second kappa shape index (κ2) is 6.63. The Hall–Kier alpha value is -2.57. The fourth-order valence-corrected chi connectivity index (χ4v) is 3.44. The fourth-order valence-electron chi connectivity index (χ4n) is 2.89. The Labute approximate surface area is 160 Å². The number of hydrogen-bond acceptors (Lipinski definition) is 3. The van der Waals surface area contributed by atoms with Gasteiger partial charge in [0.2, 0.25) is 0 Å². The number of nitrogens with zero attached hydrogens (tertiary/aromatic N) is 6. The molecule has 3 aromatic heterocycles. The minimum Gasteiger partial charge on any atom is -0.275 e. The molecule has 0 aliphatic carbocycles. The maximum absolute atomic E-state index is 6.73. The zero-order chi connectivity index (χ0) is 18.3. The highest BCUT2D eigenvalue weighted by atomic mass is 35.5. The van der Waals surface area contributed by atoms with Gasteiger partial charge in [0.1, 0.15) is 5.69 Å². The maximum Gasteiger partial charge on any atom is 0.115 e. The largest absolute Gasteiger partial charge is 0.275 e. The van der Waals surface area contributed by atoms with Crippen LogP contribution in [-0.2, 0) is 20.6 Å². The first-order chi connectivity index (χ1) is 12.5. The third-order valence-electron chi connectivity index (χ3n) is 4.13. The van der Waals surface area contributed by atoms with E-state index in [1.165, 1.54) is 0 Å². The Morgan fingerprint density at radius 3 is 2.19 bits per heavy atom. The second-order valence-corrected chi connectivity index (χ2v) is 6.85. The van der Waals surface area contributed by atoms with Crippen molar-refractivity contribution >= 4 is 23.2 Å². The van der Waals surface area contributed by atoms with Crippen LogP contribution in [0.1, 0.15) is 5.56 Å². The van der Waals surface area contributed by atoms with Gasteiger partial charge in [-0.2, -0.15) is 15.3 Å². The van der Waals surface area contributed by atoms with E-state index in [0.29, 0.717) is 22.3 Å². The minimum atomic E-state index is 0.504. The highest BCUT2D eigenvalue weighted by Gasteiger charge is 2.21. The molecular weight excluding hydrogens is 371 g/mol. The van der Waals surface area contributed by atoms with Crippen LogP contribution in [0.3, 0.4) is 0 Å². The number of aryl methyl sites for hydroxylation is 2. The average molecular weight is 387 g/mol. The lowest BCUT2D eigenvalue weighted by Crippen LogP contribution is -2.04. The third kappa shape index (κ3) is 3.02. The molecule has 0 aliphatic heterocycles. The van der Waals surface area contributed by atoms with Crippen molar-refractivity contribution in [3.8, 4) is 22.5 Å². The Balaban J connectivity index is 1.87. The van der Waals surface area contributed by atoms with Crippen LogP contribution in [0.2, 0.25) is 10.0 Å². The number of aromatic nitrogens is 6. The van der Waals surface area contributed by atoms with E-state index in [0.717, 1.165) is 22.4 Å². The van der Waals surface area contributed by atoms with Gasteiger partial charge in [0.15, 0.2) is 0 Å². The molecule has 132 valence electrons. The average Bonchev–Trinajstić information content (AvgIpc) is 3.29. The summed E-state index contributed by atoms with van der Waals surface area (Å²) in [5.74, 6) is 0. The van der Waals surface area contributed by atoms with Crippen molar-refractivity contribution in [2.45, 2.75) is 6.54 Å². The molecule has 0 N–H and O–H groups in total. The molecule has 4 rings (SSSR count). The van der Waals surface area contributed by atoms with Crippen LogP contribution < -0.4 is 0 Å². The lowest BCUT2D eigenvalue weighted by Gasteiger charge is -2.08. The van der Waals surface area contributed by atoms with Gasteiger partial charge < -0.3 is 0 Å².